The minimum atomic E-state index is -0.358. The van der Waals surface area contributed by atoms with Crippen LogP contribution in [0, 0.1) is 12.7 Å². The fraction of sp³-hybridized carbons (Fsp3) is 0.188. The Morgan fingerprint density at radius 2 is 1.95 bits per heavy atom. The highest BCUT2D eigenvalue weighted by Gasteiger charge is 2.36. The van der Waals surface area contributed by atoms with Gasteiger partial charge in [0.05, 0.1) is 11.1 Å². The van der Waals surface area contributed by atoms with Crippen LogP contribution in [0.4, 0.5) is 4.39 Å². The molecule has 0 saturated heterocycles. The van der Waals surface area contributed by atoms with Crippen molar-refractivity contribution in [2.24, 2.45) is 0 Å². The molecule has 1 aliphatic heterocycles. The molecule has 3 rings (SSSR count). The van der Waals surface area contributed by atoms with Gasteiger partial charge in [-0.2, -0.15) is 0 Å². The van der Waals surface area contributed by atoms with Gasteiger partial charge < -0.3 is 0 Å². The monoisotopic (exact) mass is 316 g/mol. The first-order valence-electron chi connectivity index (χ1n) is 6.69. The number of carbonyl (C=O) groups excluding carboxylic acids is 2. The standard InChI is InChI=1S/C16H13FN2O2S/c1-9-7-11-13(16(21)19(2)15(11)20)14(18-9)22-8-10-5-3-4-6-12(10)17/h3-7H,8H2,1-2H3. The Morgan fingerprint density at radius 1 is 1.23 bits per heavy atom. The number of aromatic nitrogens is 1. The second kappa shape index (κ2) is 5.53. The van der Waals surface area contributed by atoms with Gasteiger partial charge >= 0.3 is 0 Å². The van der Waals surface area contributed by atoms with E-state index in [4.69, 9.17) is 0 Å². The second-order valence-corrected chi connectivity index (χ2v) is 6.00. The van der Waals surface area contributed by atoms with Gasteiger partial charge in [0.15, 0.2) is 0 Å². The molecule has 0 radical (unpaired) electrons. The lowest BCUT2D eigenvalue weighted by Crippen LogP contribution is -2.24. The fourth-order valence-corrected chi connectivity index (χ4v) is 3.40. The minimum absolute atomic E-state index is 0.293. The Bertz CT molecular complexity index is 792. The van der Waals surface area contributed by atoms with Crippen molar-refractivity contribution in [3.8, 4) is 0 Å². The molecule has 2 heterocycles. The maximum Gasteiger partial charge on any atom is 0.264 e. The summed E-state index contributed by atoms with van der Waals surface area (Å²) >= 11 is 1.26. The molecule has 1 aromatic heterocycles. The molecular formula is C16H13FN2O2S. The molecule has 2 aromatic rings. The zero-order valence-corrected chi connectivity index (χ0v) is 12.9. The van der Waals surface area contributed by atoms with Crippen molar-refractivity contribution in [2.75, 3.05) is 7.05 Å². The van der Waals surface area contributed by atoms with Crippen LogP contribution in [0.15, 0.2) is 35.4 Å². The van der Waals surface area contributed by atoms with E-state index in [2.05, 4.69) is 4.98 Å². The van der Waals surface area contributed by atoms with Crippen LogP contribution in [0.1, 0.15) is 32.0 Å². The molecule has 2 amide bonds. The topological polar surface area (TPSA) is 50.3 Å². The summed E-state index contributed by atoms with van der Waals surface area (Å²) < 4.78 is 13.7. The van der Waals surface area contributed by atoms with Crippen LogP contribution in [0.25, 0.3) is 0 Å². The second-order valence-electron chi connectivity index (χ2n) is 5.04. The number of pyridine rings is 1. The van der Waals surface area contributed by atoms with Crippen LogP contribution in [0.3, 0.4) is 0 Å². The van der Waals surface area contributed by atoms with Crippen LogP contribution >= 0.6 is 11.8 Å². The van der Waals surface area contributed by atoms with Crippen LogP contribution in [0.5, 0.6) is 0 Å². The molecule has 22 heavy (non-hydrogen) atoms. The van der Waals surface area contributed by atoms with Gasteiger partial charge in [-0.1, -0.05) is 18.2 Å². The largest absolute Gasteiger partial charge is 0.277 e. The normalized spacial score (nSPS) is 13.7. The van der Waals surface area contributed by atoms with Gasteiger partial charge in [0.25, 0.3) is 11.8 Å². The third kappa shape index (κ3) is 2.39. The van der Waals surface area contributed by atoms with E-state index in [1.54, 1.807) is 31.2 Å². The maximum atomic E-state index is 13.7. The number of fused-ring (bicyclic) bond motifs is 1. The van der Waals surface area contributed by atoms with Crippen molar-refractivity contribution in [2.45, 2.75) is 17.7 Å². The summed E-state index contributed by atoms with van der Waals surface area (Å²) in [5.74, 6) is -0.624. The summed E-state index contributed by atoms with van der Waals surface area (Å²) in [7, 11) is 1.45. The van der Waals surface area contributed by atoms with Crippen molar-refractivity contribution < 1.29 is 14.0 Å². The van der Waals surface area contributed by atoms with E-state index in [-0.39, 0.29) is 17.6 Å². The van der Waals surface area contributed by atoms with Gasteiger partial charge in [-0.05, 0) is 24.6 Å². The van der Waals surface area contributed by atoms with Gasteiger partial charge in [0, 0.05) is 18.5 Å². The average Bonchev–Trinajstić information content (AvgIpc) is 2.71. The van der Waals surface area contributed by atoms with Crippen LogP contribution in [0.2, 0.25) is 0 Å². The first kappa shape index (κ1) is 14.7. The van der Waals surface area contributed by atoms with Gasteiger partial charge in [0.2, 0.25) is 0 Å². The molecule has 0 N–H and O–H groups in total. The number of imide groups is 1. The molecular weight excluding hydrogens is 303 g/mol. The number of amides is 2. The zero-order valence-electron chi connectivity index (χ0n) is 12.1. The van der Waals surface area contributed by atoms with E-state index in [9.17, 15) is 14.0 Å². The number of carbonyl (C=O) groups is 2. The minimum Gasteiger partial charge on any atom is -0.277 e. The predicted molar refractivity (Wildman–Crippen MR) is 81.4 cm³/mol. The lowest BCUT2D eigenvalue weighted by molar-refractivity contribution is 0.0692. The van der Waals surface area contributed by atoms with Crippen molar-refractivity contribution in [1.29, 1.82) is 0 Å². The molecule has 0 unspecified atom stereocenters. The van der Waals surface area contributed by atoms with Crippen LogP contribution < -0.4 is 0 Å². The van der Waals surface area contributed by atoms with E-state index < -0.39 is 0 Å². The van der Waals surface area contributed by atoms with Crippen molar-refractivity contribution in [1.82, 2.24) is 9.88 Å². The summed E-state index contributed by atoms with van der Waals surface area (Å²) in [5, 5.41) is 0.473. The lowest BCUT2D eigenvalue weighted by atomic mass is 10.1. The highest BCUT2D eigenvalue weighted by molar-refractivity contribution is 7.98. The van der Waals surface area contributed by atoms with Crippen LogP contribution in [-0.4, -0.2) is 28.7 Å². The first-order chi connectivity index (χ1) is 10.5. The molecule has 6 heteroatoms. The highest BCUT2D eigenvalue weighted by Crippen LogP contribution is 2.32. The lowest BCUT2D eigenvalue weighted by Gasteiger charge is -2.07. The van der Waals surface area contributed by atoms with Gasteiger partial charge in [-0.15, -0.1) is 11.8 Å². The summed E-state index contributed by atoms with van der Waals surface area (Å²) in [6, 6.07) is 8.09. The molecule has 0 atom stereocenters. The third-order valence-corrected chi connectivity index (χ3v) is 4.51. The maximum absolute atomic E-state index is 13.7. The average molecular weight is 316 g/mol. The SMILES string of the molecule is Cc1cc2c(c(SCc3ccccc3F)n1)C(=O)N(C)C2=O. The molecule has 4 nitrogen and oxygen atoms in total. The van der Waals surface area contributed by atoms with Gasteiger partial charge in [-0.25, -0.2) is 9.37 Å². The quantitative estimate of drug-likeness (QED) is 0.645. The van der Waals surface area contributed by atoms with Gasteiger partial charge in [0.1, 0.15) is 10.8 Å². The Morgan fingerprint density at radius 3 is 2.68 bits per heavy atom. The fourth-order valence-electron chi connectivity index (χ4n) is 2.33. The summed E-state index contributed by atoms with van der Waals surface area (Å²) in [4.78, 5) is 29.7. The number of thioether (sulfide) groups is 1. The molecule has 1 aliphatic rings. The summed E-state index contributed by atoms with van der Waals surface area (Å²) in [6.45, 7) is 1.77. The predicted octanol–water partition coefficient (Wildman–Crippen LogP) is 3.05. The van der Waals surface area contributed by atoms with Crippen molar-refractivity contribution in [3.63, 3.8) is 0 Å². The number of hydrogen-bond donors (Lipinski definition) is 0. The Labute approximate surface area is 131 Å². The first-order valence-corrected chi connectivity index (χ1v) is 7.68. The van der Waals surface area contributed by atoms with Crippen molar-refractivity contribution >= 4 is 23.6 Å². The number of hydrogen-bond acceptors (Lipinski definition) is 4. The Hall–Kier alpha value is -2.21. The summed E-state index contributed by atoms with van der Waals surface area (Å²) in [5.41, 5.74) is 1.89. The zero-order chi connectivity index (χ0) is 15.9. The van der Waals surface area contributed by atoms with Gasteiger partial charge in [-0.3, -0.25) is 14.5 Å². The summed E-state index contributed by atoms with van der Waals surface area (Å²) in [6.07, 6.45) is 0. The highest BCUT2D eigenvalue weighted by atomic mass is 32.2. The third-order valence-electron chi connectivity index (χ3n) is 3.49. The van der Waals surface area contributed by atoms with E-state index in [0.29, 0.717) is 33.2 Å². The molecule has 0 aliphatic carbocycles. The molecule has 0 saturated carbocycles. The number of nitrogens with zero attached hydrogens (tertiary/aromatic N) is 2. The Kier molecular flexibility index (Phi) is 3.70. The molecule has 1 aromatic carbocycles. The van der Waals surface area contributed by atoms with E-state index in [1.807, 2.05) is 0 Å². The molecule has 0 bridgehead atoms. The Balaban J connectivity index is 1.96. The molecule has 112 valence electrons. The molecule has 0 fully saturated rings. The number of rotatable bonds is 3. The van der Waals surface area contributed by atoms with Crippen LogP contribution in [-0.2, 0) is 5.75 Å². The van der Waals surface area contributed by atoms with E-state index in [0.717, 1.165) is 4.90 Å². The van der Waals surface area contributed by atoms with E-state index >= 15 is 0 Å². The smallest absolute Gasteiger partial charge is 0.264 e. The number of aryl methyl sites for hydroxylation is 1. The molecule has 0 spiro atoms. The number of halogens is 1. The number of benzene rings is 1. The van der Waals surface area contributed by atoms with Crippen molar-refractivity contribution in [3.05, 3.63) is 58.5 Å². The van der Waals surface area contributed by atoms with E-state index in [1.165, 1.54) is 24.9 Å².